The maximum absolute atomic E-state index is 6.40. The Morgan fingerprint density at radius 1 is 0.897 bits per heavy atom. The standard InChI is InChI=1S/C31H32ClN5OS/c1-20-21(2)36(26-8-6-7-23(32)19-26)22(3)28(20)30-29(27-9-4-5-14-33-27)34-31(39)37(30)25-12-10-24(11-13-25)35-15-17-38-18-16-35/h4-14,19,29-30H,15-18H2,1-3H3,(H,34,39). The van der Waals surface area contributed by atoms with Gasteiger partial charge in [-0.3, -0.25) is 4.98 Å². The lowest BCUT2D eigenvalue weighted by atomic mass is 9.93. The molecular weight excluding hydrogens is 526 g/mol. The maximum Gasteiger partial charge on any atom is 0.174 e. The minimum Gasteiger partial charge on any atom is -0.378 e. The van der Waals surface area contributed by atoms with Gasteiger partial charge in [0, 0.05) is 58.3 Å². The first-order chi connectivity index (χ1) is 18.9. The number of aromatic nitrogens is 2. The highest BCUT2D eigenvalue weighted by molar-refractivity contribution is 7.80. The predicted molar refractivity (Wildman–Crippen MR) is 162 cm³/mol. The Bertz CT molecular complexity index is 1500. The molecule has 2 unspecified atom stereocenters. The number of anilines is 2. The molecule has 6 rings (SSSR count). The number of hydrogen-bond acceptors (Lipinski definition) is 4. The topological polar surface area (TPSA) is 45.6 Å². The van der Waals surface area contributed by atoms with E-state index in [2.05, 4.69) is 76.9 Å². The second-order valence-corrected chi connectivity index (χ2v) is 11.0. The summed E-state index contributed by atoms with van der Waals surface area (Å²) in [5.41, 5.74) is 9.10. The van der Waals surface area contributed by atoms with Gasteiger partial charge in [-0.15, -0.1) is 0 Å². The van der Waals surface area contributed by atoms with Gasteiger partial charge in [0.1, 0.15) is 0 Å². The zero-order chi connectivity index (χ0) is 27.1. The van der Waals surface area contributed by atoms with Gasteiger partial charge in [-0.1, -0.05) is 23.7 Å². The van der Waals surface area contributed by atoms with E-state index in [-0.39, 0.29) is 12.1 Å². The van der Waals surface area contributed by atoms with Gasteiger partial charge in [-0.05, 0) is 93.1 Å². The van der Waals surface area contributed by atoms with E-state index < -0.39 is 0 Å². The van der Waals surface area contributed by atoms with E-state index in [1.54, 1.807) is 0 Å². The highest BCUT2D eigenvalue weighted by Crippen LogP contribution is 2.45. The molecule has 0 spiro atoms. The lowest BCUT2D eigenvalue weighted by molar-refractivity contribution is 0.122. The second-order valence-electron chi connectivity index (χ2n) is 10.1. The molecule has 39 heavy (non-hydrogen) atoms. The summed E-state index contributed by atoms with van der Waals surface area (Å²) >= 11 is 12.4. The average Bonchev–Trinajstić information content (AvgIpc) is 3.41. The molecule has 6 nitrogen and oxygen atoms in total. The van der Waals surface area contributed by atoms with Crippen LogP contribution in [0, 0.1) is 20.8 Å². The van der Waals surface area contributed by atoms with E-state index >= 15 is 0 Å². The number of benzene rings is 2. The number of morpholine rings is 1. The maximum atomic E-state index is 6.40. The summed E-state index contributed by atoms with van der Waals surface area (Å²) in [7, 11) is 0. The van der Waals surface area contributed by atoms with Crippen molar-refractivity contribution in [1.29, 1.82) is 0 Å². The summed E-state index contributed by atoms with van der Waals surface area (Å²) in [4.78, 5) is 9.37. The van der Waals surface area contributed by atoms with Gasteiger partial charge in [0.25, 0.3) is 0 Å². The van der Waals surface area contributed by atoms with Crippen LogP contribution < -0.4 is 15.1 Å². The van der Waals surface area contributed by atoms with Crippen LogP contribution in [0.4, 0.5) is 11.4 Å². The molecule has 2 fully saturated rings. The molecule has 2 aromatic carbocycles. The van der Waals surface area contributed by atoms with Crippen molar-refractivity contribution in [1.82, 2.24) is 14.9 Å². The summed E-state index contributed by atoms with van der Waals surface area (Å²) in [6, 6.07) is 22.6. The van der Waals surface area contributed by atoms with Crippen LogP contribution in [0.1, 0.15) is 40.3 Å². The number of nitrogens with zero attached hydrogens (tertiary/aromatic N) is 4. The molecule has 0 radical (unpaired) electrons. The molecule has 0 amide bonds. The highest BCUT2D eigenvalue weighted by atomic mass is 35.5. The van der Waals surface area contributed by atoms with Crippen LogP contribution in [0.15, 0.2) is 72.9 Å². The lowest BCUT2D eigenvalue weighted by Gasteiger charge is -2.31. The third kappa shape index (κ3) is 4.69. The molecule has 2 aliphatic rings. The van der Waals surface area contributed by atoms with Crippen LogP contribution >= 0.6 is 23.8 Å². The summed E-state index contributed by atoms with van der Waals surface area (Å²) in [6.45, 7) is 9.89. The monoisotopic (exact) mass is 557 g/mol. The summed E-state index contributed by atoms with van der Waals surface area (Å²) < 4.78 is 7.84. The first-order valence-electron chi connectivity index (χ1n) is 13.3. The molecule has 2 aliphatic heterocycles. The minimum absolute atomic E-state index is 0.0826. The van der Waals surface area contributed by atoms with Crippen molar-refractivity contribution in [3.8, 4) is 5.69 Å². The van der Waals surface area contributed by atoms with Crippen molar-refractivity contribution < 1.29 is 4.74 Å². The van der Waals surface area contributed by atoms with Crippen LogP contribution in [-0.4, -0.2) is 41.0 Å². The minimum atomic E-state index is -0.107. The normalized spacial score (nSPS) is 19.4. The Hall–Kier alpha value is -3.39. The molecule has 1 N–H and O–H groups in total. The molecule has 0 bridgehead atoms. The molecule has 4 aromatic rings. The Kier molecular flexibility index (Phi) is 7.06. The van der Waals surface area contributed by atoms with E-state index in [1.807, 2.05) is 36.5 Å². The molecular formula is C31H32ClN5OS. The fraction of sp³-hybridized carbons (Fsp3) is 0.290. The van der Waals surface area contributed by atoms with E-state index in [9.17, 15) is 0 Å². The Morgan fingerprint density at radius 2 is 1.64 bits per heavy atom. The second kappa shape index (κ2) is 10.6. The zero-order valence-corrected chi connectivity index (χ0v) is 24.0. The molecule has 8 heteroatoms. The van der Waals surface area contributed by atoms with Crippen molar-refractivity contribution in [2.75, 3.05) is 36.1 Å². The Morgan fingerprint density at radius 3 is 2.33 bits per heavy atom. The Balaban J connectivity index is 1.47. The quantitative estimate of drug-likeness (QED) is 0.284. The molecule has 0 aliphatic carbocycles. The molecule has 2 aromatic heterocycles. The van der Waals surface area contributed by atoms with Crippen LogP contribution in [0.25, 0.3) is 5.69 Å². The number of rotatable bonds is 5. The molecule has 2 saturated heterocycles. The van der Waals surface area contributed by atoms with Crippen LogP contribution in [-0.2, 0) is 4.74 Å². The SMILES string of the molecule is Cc1c(C2C(c3ccccn3)NC(=S)N2c2ccc(N3CCOCC3)cc2)c(C)n(-c2cccc(Cl)c2)c1C. The average molecular weight is 558 g/mol. The fourth-order valence-corrected chi connectivity index (χ4v) is 6.55. The third-order valence-corrected chi connectivity index (χ3v) is 8.52. The smallest absolute Gasteiger partial charge is 0.174 e. The van der Waals surface area contributed by atoms with Gasteiger partial charge in [0.05, 0.1) is 31.0 Å². The summed E-state index contributed by atoms with van der Waals surface area (Å²) in [5, 5.41) is 5.03. The summed E-state index contributed by atoms with van der Waals surface area (Å²) in [5.74, 6) is 0. The van der Waals surface area contributed by atoms with E-state index in [0.717, 1.165) is 48.4 Å². The first-order valence-corrected chi connectivity index (χ1v) is 14.1. The van der Waals surface area contributed by atoms with E-state index in [4.69, 9.17) is 33.5 Å². The van der Waals surface area contributed by atoms with Crippen molar-refractivity contribution >= 4 is 40.3 Å². The number of thiocarbonyl (C=S) groups is 1. The van der Waals surface area contributed by atoms with Crippen LogP contribution in [0.3, 0.4) is 0 Å². The number of pyridine rings is 1. The van der Waals surface area contributed by atoms with Gasteiger partial charge in [-0.25, -0.2) is 0 Å². The lowest BCUT2D eigenvalue weighted by Crippen LogP contribution is -2.36. The number of nitrogens with one attached hydrogen (secondary N) is 1. The van der Waals surface area contributed by atoms with Gasteiger partial charge < -0.3 is 24.4 Å². The summed E-state index contributed by atoms with van der Waals surface area (Å²) in [6.07, 6.45) is 1.85. The van der Waals surface area contributed by atoms with E-state index in [1.165, 1.54) is 28.2 Å². The van der Waals surface area contributed by atoms with Gasteiger partial charge >= 0.3 is 0 Å². The fourth-order valence-electron chi connectivity index (χ4n) is 6.02. The van der Waals surface area contributed by atoms with Gasteiger partial charge in [-0.2, -0.15) is 0 Å². The van der Waals surface area contributed by atoms with Gasteiger partial charge in [0.15, 0.2) is 5.11 Å². The largest absolute Gasteiger partial charge is 0.378 e. The number of halogens is 1. The van der Waals surface area contributed by atoms with Crippen LogP contribution in [0.5, 0.6) is 0 Å². The van der Waals surface area contributed by atoms with Crippen molar-refractivity contribution in [2.24, 2.45) is 0 Å². The molecule has 2 atom stereocenters. The molecule has 200 valence electrons. The predicted octanol–water partition coefficient (Wildman–Crippen LogP) is 6.46. The van der Waals surface area contributed by atoms with Crippen LogP contribution in [0.2, 0.25) is 5.02 Å². The first kappa shape index (κ1) is 25.9. The van der Waals surface area contributed by atoms with Crippen molar-refractivity contribution in [3.05, 3.63) is 106 Å². The zero-order valence-electron chi connectivity index (χ0n) is 22.4. The Labute approximate surface area is 240 Å². The third-order valence-electron chi connectivity index (χ3n) is 7.97. The molecule has 0 saturated carbocycles. The highest BCUT2D eigenvalue weighted by Gasteiger charge is 2.43. The van der Waals surface area contributed by atoms with Crippen molar-refractivity contribution in [3.63, 3.8) is 0 Å². The van der Waals surface area contributed by atoms with Gasteiger partial charge in [0.2, 0.25) is 0 Å². The van der Waals surface area contributed by atoms with Crippen molar-refractivity contribution in [2.45, 2.75) is 32.9 Å². The number of hydrogen-bond donors (Lipinski definition) is 1. The number of ether oxygens (including phenoxy) is 1. The van der Waals surface area contributed by atoms with E-state index in [0.29, 0.717) is 5.11 Å². The molecule has 4 heterocycles.